The minimum Gasteiger partial charge on any atom is -0.493 e. The zero-order chi connectivity index (χ0) is 24.9. The molecule has 178 valence electrons. The summed E-state index contributed by atoms with van der Waals surface area (Å²) in [6, 6.07) is 20.2. The fourth-order valence-electron chi connectivity index (χ4n) is 3.44. The molecule has 4 rings (SSSR count). The maximum Gasteiger partial charge on any atom is 0.337 e. The third kappa shape index (κ3) is 5.55. The number of benzene rings is 3. The van der Waals surface area contributed by atoms with Gasteiger partial charge in [0.2, 0.25) is 0 Å². The molecule has 0 aliphatic carbocycles. The number of thioether (sulfide) groups is 1. The first-order valence-electron chi connectivity index (χ1n) is 10.7. The van der Waals surface area contributed by atoms with E-state index in [-0.39, 0.29) is 5.91 Å². The van der Waals surface area contributed by atoms with Gasteiger partial charge in [0.15, 0.2) is 15.8 Å². The largest absolute Gasteiger partial charge is 0.493 e. The predicted molar refractivity (Wildman–Crippen MR) is 142 cm³/mol. The molecule has 1 aliphatic heterocycles. The Hall–Kier alpha value is -3.62. The van der Waals surface area contributed by atoms with Gasteiger partial charge >= 0.3 is 5.97 Å². The van der Waals surface area contributed by atoms with Crippen molar-refractivity contribution in [3.05, 3.63) is 93.9 Å². The van der Waals surface area contributed by atoms with Crippen LogP contribution in [-0.4, -0.2) is 30.4 Å². The van der Waals surface area contributed by atoms with Gasteiger partial charge in [0.05, 0.1) is 30.4 Å². The average Bonchev–Trinajstić information content (AvgIpc) is 3.15. The van der Waals surface area contributed by atoms with Gasteiger partial charge in [0, 0.05) is 0 Å². The zero-order valence-corrected chi connectivity index (χ0v) is 21.1. The van der Waals surface area contributed by atoms with Crippen molar-refractivity contribution in [1.82, 2.24) is 0 Å². The van der Waals surface area contributed by atoms with Gasteiger partial charge in [-0.25, -0.2) is 4.79 Å². The molecular formula is C27H23NO5S2. The standard InChI is InChI=1S/C27H23NO5S2/c1-17-4-6-18(7-5-17)16-33-22-13-8-19(14-23(22)31-2)15-24-25(29)28(27(34)35-24)21-11-9-20(10-12-21)26(30)32-3/h4-15H,16H2,1-3H3/b24-15-. The van der Waals surface area contributed by atoms with Crippen LogP contribution in [0.25, 0.3) is 6.08 Å². The molecule has 1 amide bonds. The van der Waals surface area contributed by atoms with E-state index < -0.39 is 5.97 Å². The number of nitrogens with zero attached hydrogens (tertiary/aromatic N) is 1. The molecule has 6 nitrogen and oxygen atoms in total. The van der Waals surface area contributed by atoms with Crippen molar-refractivity contribution in [1.29, 1.82) is 0 Å². The molecule has 35 heavy (non-hydrogen) atoms. The lowest BCUT2D eigenvalue weighted by Crippen LogP contribution is -2.27. The SMILES string of the molecule is COC(=O)c1ccc(N2C(=O)/C(=C/c3ccc(OCc4ccc(C)cc4)c(OC)c3)SC2=S)cc1. The van der Waals surface area contributed by atoms with E-state index in [0.717, 1.165) is 11.1 Å². The molecule has 0 N–H and O–H groups in total. The third-order valence-electron chi connectivity index (χ3n) is 5.34. The van der Waals surface area contributed by atoms with E-state index in [1.807, 2.05) is 49.4 Å². The summed E-state index contributed by atoms with van der Waals surface area (Å²) in [5.74, 6) is 0.509. The zero-order valence-electron chi connectivity index (χ0n) is 19.4. The van der Waals surface area contributed by atoms with Crippen LogP contribution in [0.3, 0.4) is 0 Å². The van der Waals surface area contributed by atoms with E-state index in [2.05, 4.69) is 0 Å². The molecule has 0 saturated carbocycles. The number of thiocarbonyl (C=S) groups is 1. The minimum atomic E-state index is -0.443. The predicted octanol–water partition coefficient (Wildman–Crippen LogP) is 5.78. The van der Waals surface area contributed by atoms with Crippen LogP contribution in [0, 0.1) is 6.92 Å². The summed E-state index contributed by atoms with van der Waals surface area (Å²) in [6.07, 6.45) is 1.77. The van der Waals surface area contributed by atoms with Crippen LogP contribution in [0.2, 0.25) is 0 Å². The van der Waals surface area contributed by atoms with Crippen LogP contribution < -0.4 is 14.4 Å². The second-order valence-corrected chi connectivity index (χ2v) is 9.42. The van der Waals surface area contributed by atoms with Crippen molar-refractivity contribution >= 4 is 51.9 Å². The topological polar surface area (TPSA) is 65.1 Å². The van der Waals surface area contributed by atoms with Crippen molar-refractivity contribution in [2.45, 2.75) is 13.5 Å². The maximum absolute atomic E-state index is 13.1. The Balaban J connectivity index is 1.50. The van der Waals surface area contributed by atoms with Crippen molar-refractivity contribution in [3.63, 3.8) is 0 Å². The lowest BCUT2D eigenvalue weighted by molar-refractivity contribution is -0.113. The quantitative estimate of drug-likeness (QED) is 0.229. The second kappa shape index (κ2) is 10.8. The number of ether oxygens (including phenoxy) is 3. The summed E-state index contributed by atoms with van der Waals surface area (Å²) in [4.78, 5) is 26.7. The van der Waals surface area contributed by atoms with Gasteiger partial charge in [0.1, 0.15) is 6.61 Å². The highest BCUT2D eigenvalue weighted by molar-refractivity contribution is 8.27. The van der Waals surface area contributed by atoms with E-state index in [4.69, 9.17) is 26.4 Å². The van der Waals surface area contributed by atoms with Crippen LogP contribution in [0.15, 0.2) is 71.6 Å². The molecule has 0 radical (unpaired) electrons. The van der Waals surface area contributed by atoms with Gasteiger partial charge in [-0.05, 0) is 60.5 Å². The summed E-state index contributed by atoms with van der Waals surface area (Å²) >= 11 is 6.67. The van der Waals surface area contributed by atoms with Gasteiger partial charge < -0.3 is 14.2 Å². The molecule has 3 aromatic rings. The highest BCUT2D eigenvalue weighted by atomic mass is 32.2. The molecular weight excluding hydrogens is 482 g/mol. The van der Waals surface area contributed by atoms with E-state index in [9.17, 15) is 9.59 Å². The van der Waals surface area contributed by atoms with Gasteiger partial charge in [-0.15, -0.1) is 0 Å². The number of amides is 1. The molecule has 0 atom stereocenters. The first kappa shape index (κ1) is 24.5. The number of aryl methyl sites for hydroxylation is 1. The lowest BCUT2D eigenvalue weighted by atomic mass is 10.1. The normalized spacial score (nSPS) is 14.4. The Labute approximate surface area is 213 Å². The molecule has 8 heteroatoms. The second-order valence-electron chi connectivity index (χ2n) is 7.74. The summed E-state index contributed by atoms with van der Waals surface area (Å²) < 4.78 is 16.6. The van der Waals surface area contributed by atoms with Crippen LogP contribution in [0.1, 0.15) is 27.0 Å². The first-order valence-corrected chi connectivity index (χ1v) is 11.9. The van der Waals surface area contributed by atoms with Gasteiger partial charge in [0.25, 0.3) is 5.91 Å². The Morgan fingerprint density at radius 1 is 1.00 bits per heavy atom. The van der Waals surface area contributed by atoms with E-state index in [0.29, 0.717) is 38.6 Å². The van der Waals surface area contributed by atoms with Crippen molar-refractivity contribution in [3.8, 4) is 11.5 Å². The number of carbonyl (C=O) groups excluding carboxylic acids is 2. The number of anilines is 1. The van der Waals surface area contributed by atoms with E-state index in [1.165, 1.54) is 29.3 Å². The fourth-order valence-corrected chi connectivity index (χ4v) is 4.74. The van der Waals surface area contributed by atoms with Crippen molar-refractivity contribution in [2.75, 3.05) is 19.1 Å². The van der Waals surface area contributed by atoms with E-state index >= 15 is 0 Å². The molecule has 0 unspecified atom stereocenters. The molecule has 1 heterocycles. The highest BCUT2D eigenvalue weighted by Crippen LogP contribution is 2.37. The summed E-state index contributed by atoms with van der Waals surface area (Å²) in [5, 5.41) is 0. The third-order valence-corrected chi connectivity index (χ3v) is 6.64. The molecule has 0 spiro atoms. The smallest absolute Gasteiger partial charge is 0.337 e. The van der Waals surface area contributed by atoms with Crippen LogP contribution in [0.4, 0.5) is 5.69 Å². The van der Waals surface area contributed by atoms with Crippen LogP contribution in [0.5, 0.6) is 11.5 Å². The minimum absolute atomic E-state index is 0.232. The summed E-state index contributed by atoms with van der Waals surface area (Å²) in [7, 11) is 2.90. The van der Waals surface area contributed by atoms with Gasteiger partial charge in [-0.2, -0.15) is 0 Å². The number of carbonyl (C=O) groups is 2. The molecule has 1 saturated heterocycles. The maximum atomic E-state index is 13.1. The van der Waals surface area contributed by atoms with E-state index in [1.54, 1.807) is 37.5 Å². The molecule has 1 aliphatic rings. The van der Waals surface area contributed by atoms with Gasteiger partial charge in [-0.1, -0.05) is 59.9 Å². The Morgan fingerprint density at radius 2 is 1.71 bits per heavy atom. The number of rotatable bonds is 7. The number of hydrogen-bond donors (Lipinski definition) is 0. The number of esters is 1. The molecule has 1 fully saturated rings. The average molecular weight is 506 g/mol. The summed E-state index contributed by atoms with van der Waals surface area (Å²) in [6.45, 7) is 2.46. The monoisotopic (exact) mass is 505 g/mol. The van der Waals surface area contributed by atoms with Crippen molar-refractivity contribution < 1.29 is 23.8 Å². The molecule has 0 bridgehead atoms. The summed E-state index contributed by atoms with van der Waals surface area (Å²) in [5.41, 5.74) is 4.02. The lowest BCUT2D eigenvalue weighted by Gasteiger charge is -2.14. The van der Waals surface area contributed by atoms with Gasteiger partial charge in [-0.3, -0.25) is 9.69 Å². The Kier molecular flexibility index (Phi) is 7.53. The number of hydrogen-bond acceptors (Lipinski definition) is 7. The Morgan fingerprint density at radius 3 is 2.37 bits per heavy atom. The molecule has 3 aromatic carbocycles. The fraction of sp³-hybridized carbons (Fsp3) is 0.148. The van der Waals surface area contributed by atoms with Crippen molar-refractivity contribution in [2.24, 2.45) is 0 Å². The van der Waals surface area contributed by atoms with Crippen LogP contribution >= 0.6 is 24.0 Å². The Bertz CT molecular complexity index is 1300. The van der Waals surface area contributed by atoms with Crippen LogP contribution in [-0.2, 0) is 16.1 Å². The highest BCUT2D eigenvalue weighted by Gasteiger charge is 2.33. The number of methoxy groups -OCH3 is 2. The first-order chi connectivity index (χ1) is 16.9. The molecule has 0 aromatic heterocycles.